The molecule has 2 aromatic rings. The van der Waals surface area contributed by atoms with Crippen LogP contribution in [0.15, 0.2) is 42.7 Å². The summed E-state index contributed by atoms with van der Waals surface area (Å²) >= 11 is 0. The van der Waals surface area contributed by atoms with Crippen molar-refractivity contribution in [2.75, 3.05) is 0 Å². The van der Waals surface area contributed by atoms with Crippen LogP contribution in [0, 0.1) is 6.92 Å². The quantitative estimate of drug-likeness (QED) is 0.779. The first-order chi connectivity index (χ1) is 6.36. The van der Waals surface area contributed by atoms with E-state index >= 15 is 0 Å². The van der Waals surface area contributed by atoms with Gasteiger partial charge >= 0.3 is 20.1 Å². The minimum Gasteiger partial charge on any atom is -0.242 e. The summed E-state index contributed by atoms with van der Waals surface area (Å²) in [5.41, 5.74) is 3.11. The Bertz CT molecular complexity index is 401. The number of nitrogens with zero attached hydrogens (tertiary/aromatic N) is 2. The largest absolute Gasteiger partial charge is 3.00 e. The van der Waals surface area contributed by atoms with Crippen molar-refractivity contribution in [3.05, 3.63) is 48.4 Å². The average molecular weight is 362 g/mol. The summed E-state index contributed by atoms with van der Waals surface area (Å²) in [6.45, 7) is 1.97. The van der Waals surface area contributed by atoms with E-state index in [0.717, 1.165) is 17.0 Å². The Labute approximate surface area is 96.8 Å². The maximum absolute atomic E-state index is 4.20. The molecule has 0 aliphatic heterocycles. The summed E-state index contributed by atoms with van der Waals surface area (Å²) in [6, 6.07) is 12.1. The molecule has 0 spiro atoms. The second-order valence-electron chi connectivity index (χ2n) is 2.91. The minimum absolute atomic E-state index is 0. The number of aromatic nitrogens is 2. The third-order valence-electron chi connectivity index (χ3n) is 1.87. The first-order valence-electron chi connectivity index (χ1n) is 4.20. The monoisotopic (exact) mass is 363 g/mol. The van der Waals surface area contributed by atoms with Crippen LogP contribution in [0.3, 0.4) is 0 Å². The molecule has 0 saturated heterocycles. The van der Waals surface area contributed by atoms with Gasteiger partial charge in [0.15, 0.2) is 0 Å². The second kappa shape index (κ2) is 4.99. The molecule has 14 heavy (non-hydrogen) atoms. The van der Waals surface area contributed by atoms with Gasteiger partial charge in [0.2, 0.25) is 0 Å². The van der Waals surface area contributed by atoms with E-state index in [1.807, 2.05) is 43.3 Å². The third-order valence-corrected chi connectivity index (χ3v) is 1.87. The molecule has 2 nitrogen and oxygen atoms in total. The summed E-state index contributed by atoms with van der Waals surface area (Å²) in [4.78, 5) is 8.25. The summed E-state index contributed by atoms with van der Waals surface area (Å²) in [5.74, 6) is 0. The van der Waals surface area contributed by atoms with Crippen LogP contribution >= 0.6 is 0 Å². The fraction of sp³-hybridized carbons (Fsp3) is 0.0909. The van der Waals surface area contributed by atoms with Crippen LogP contribution in [-0.2, 0) is 20.1 Å². The number of hydrogen-bond donors (Lipinski definition) is 0. The van der Waals surface area contributed by atoms with Crippen molar-refractivity contribution in [3.8, 4) is 11.3 Å². The Balaban J connectivity index is 0.000000980. The molecule has 0 saturated carbocycles. The molecule has 1 aromatic carbocycles. The summed E-state index contributed by atoms with van der Waals surface area (Å²) in [5, 5.41) is 0. The molecule has 70 valence electrons. The zero-order valence-corrected chi connectivity index (χ0v) is 10.2. The molecule has 0 fully saturated rings. The smallest absolute Gasteiger partial charge is 0.242 e. The van der Waals surface area contributed by atoms with Crippen LogP contribution in [0.4, 0.5) is 0 Å². The van der Waals surface area contributed by atoms with Crippen molar-refractivity contribution in [3.63, 3.8) is 0 Å². The van der Waals surface area contributed by atoms with Crippen LogP contribution < -0.4 is 0 Å². The molecule has 0 radical (unpaired) electrons. The van der Waals surface area contributed by atoms with E-state index in [2.05, 4.69) is 9.97 Å². The van der Waals surface area contributed by atoms with E-state index in [0.29, 0.717) is 0 Å². The van der Waals surface area contributed by atoms with Gasteiger partial charge in [0.1, 0.15) is 6.33 Å². The van der Waals surface area contributed by atoms with Gasteiger partial charge in [-0.3, -0.25) is 0 Å². The maximum Gasteiger partial charge on any atom is 3.00 e. The maximum atomic E-state index is 4.20. The molecule has 0 bridgehead atoms. The Hall–Kier alpha value is -1.05. The molecular weight excluding hydrogens is 352 g/mol. The van der Waals surface area contributed by atoms with Crippen molar-refractivity contribution < 1.29 is 20.1 Å². The van der Waals surface area contributed by atoms with Gasteiger partial charge in [-0.2, -0.15) is 0 Å². The zero-order chi connectivity index (χ0) is 9.10. The number of aryl methyl sites for hydroxylation is 1. The van der Waals surface area contributed by atoms with E-state index in [1.165, 1.54) is 0 Å². The van der Waals surface area contributed by atoms with E-state index in [1.54, 1.807) is 6.33 Å². The standard InChI is InChI=1S/C11H10N2.Ir/c1-9-7-11(13-8-12-9)10-5-3-2-4-6-10;/h2-8H,1H3;/q;+3. The summed E-state index contributed by atoms with van der Waals surface area (Å²) in [6.07, 6.45) is 1.59. The van der Waals surface area contributed by atoms with Gasteiger partial charge in [-0.15, -0.1) is 0 Å². The second-order valence-corrected chi connectivity index (χ2v) is 2.91. The predicted octanol–water partition coefficient (Wildman–Crippen LogP) is 2.45. The summed E-state index contributed by atoms with van der Waals surface area (Å²) < 4.78 is 0. The Morgan fingerprint density at radius 1 is 1.00 bits per heavy atom. The van der Waals surface area contributed by atoms with E-state index in [4.69, 9.17) is 0 Å². The van der Waals surface area contributed by atoms with Crippen LogP contribution in [0.1, 0.15) is 5.69 Å². The molecule has 0 aliphatic rings. The van der Waals surface area contributed by atoms with Gasteiger partial charge in [-0.1, -0.05) is 30.3 Å². The predicted molar refractivity (Wildman–Crippen MR) is 52.2 cm³/mol. The molecule has 0 unspecified atom stereocenters. The molecule has 3 heteroatoms. The van der Waals surface area contributed by atoms with Gasteiger partial charge in [-0.25, -0.2) is 9.97 Å². The number of benzene rings is 1. The van der Waals surface area contributed by atoms with E-state index < -0.39 is 0 Å². The van der Waals surface area contributed by atoms with Crippen molar-refractivity contribution in [2.45, 2.75) is 6.92 Å². The van der Waals surface area contributed by atoms with Crippen LogP contribution in [0.25, 0.3) is 11.3 Å². The Morgan fingerprint density at radius 2 is 1.71 bits per heavy atom. The fourth-order valence-electron chi connectivity index (χ4n) is 1.22. The molecular formula is C11H10IrN2+3. The normalized spacial score (nSPS) is 9.21. The van der Waals surface area contributed by atoms with Gasteiger partial charge in [-0.05, 0) is 13.0 Å². The summed E-state index contributed by atoms with van der Waals surface area (Å²) in [7, 11) is 0. The van der Waals surface area contributed by atoms with Gasteiger partial charge in [0.05, 0.1) is 5.69 Å². The molecule has 0 N–H and O–H groups in total. The first-order valence-corrected chi connectivity index (χ1v) is 4.20. The van der Waals surface area contributed by atoms with Crippen molar-refractivity contribution >= 4 is 0 Å². The molecule has 2 rings (SSSR count). The fourth-order valence-corrected chi connectivity index (χ4v) is 1.22. The number of hydrogen-bond acceptors (Lipinski definition) is 2. The Kier molecular flexibility index (Phi) is 3.93. The molecule has 0 amide bonds. The van der Waals surface area contributed by atoms with E-state index in [-0.39, 0.29) is 20.1 Å². The zero-order valence-electron chi connectivity index (χ0n) is 7.77. The topological polar surface area (TPSA) is 25.8 Å². The van der Waals surface area contributed by atoms with Crippen LogP contribution in [-0.4, -0.2) is 9.97 Å². The Morgan fingerprint density at radius 3 is 2.36 bits per heavy atom. The molecule has 1 aromatic heterocycles. The van der Waals surface area contributed by atoms with Gasteiger partial charge in [0.25, 0.3) is 0 Å². The number of rotatable bonds is 1. The van der Waals surface area contributed by atoms with Crippen LogP contribution in [0.5, 0.6) is 0 Å². The van der Waals surface area contributed by atoms with Crippen molar-refractivity contribution in [1.29, 1.82) is 0 Å². The molecule has 0 atom stereocenters. The van der Waals surface area contributed by atoms with Gasteiger partial charge in [0, 0.05) is 11.3 Å². The van der Waals surface area contributed by atoms with Gasteiger partial charge < -0.3 is 0 Å². The minimum atomic E-state index is 0. The average Bonchev–Trinajstić information content (AvgIpc) is 2.19. The SMILES string of the molecule is Cc1cc(-c2ccccc2)ncn1.[Ir+3]. The molecule has 0 aliphatic carbocycles. The third kappa shape index (κ3) is 2.47. The van der Waals surface area contributed by atoms with Crippen LogP contribution in [0.2, 0.25) is 0 Å². The molecule has 1 heterocycles. The van der Waals surface area contributed by atoms with E-state index in [9.17, 15) is 0 Å². The van der Waals surface area contributed by atoms with Crippen molar-refractivity contribution in [2.24, 2.45) is 0 Å². The van der Waals surface area contributed by atoms with Crippen molar-refractivity contribution in [1.82, 2.24) is 9.97 Å². The first kappa shape index (κ1) is 11.0.